The van der Waals surface area contributed by atoms with Gasteiger partial charge in [-0.05, 0) is 29.8 Å². The van der Waals surface area contributed by atoms with E-state index in [2.05, 4.69) is 10.3 Å². The largest absolute Gasteiger partial charge is 0.350 e. The van der Waals surface area contributed by atoms with E-state index in [1.807, 2.05) is 6.07 Å². The van der Waals surface area contributed by atoms with Gasteiger partial charge in [0.15, 0.2) is 0 Å². The predicted molar refractivity (Wildman–Crippen MR) is 115 cm³/mol. The van der Waals surface area contributed by atoms with Crippen molar-refractivity contribution in [3.63, 3.8) is 0 Å². The Morgan fingerprint density at radius 1 is 1.20 bits per heavy atom. The lowest BCUT2D eigenvalue weighted by Crippen LogP contribution is -2.31. The third kappa shape index (κ3) is 4.12. The number of amides is 1. The summed E-state index contributed by atoms with van der Waals surface area (Å²) in [6.45, 7) is 4.39. The van der Waals surface area contributed by atoms with E-state index < -0.39 is 21.4 Å². The summed E-state index contributed by atoms with van der Waals surface area (Å²) in [6, 6.07) is 8.00. The second-order valence-corrected chi connectivity index (χ2v) is 8.73. The number of fused-ring (bicyclic) bond motifs is 1. The Kier molecular flexibility index (Phi) is 6.33. The van der Waals surface area contributed by atoms with Crippen molar-refractivity contribution in [2.75, 3.05) is 13.1 Å². The molecular formula is C21H24N4O4S. The topological polar surface area (TPSA) is 101 Å². The number of hydrogen-bond acceptors (Lipinski definition) is 5. The fourth-order valence-corrected chi connectivity index (χ4v) is 4.77. The minimum Gasteiger partial charge on any atom is -0.350 e. The molecule has 8 nitrogen and oxygen atoms in total. The van der Waals surface area contributed by atoms with Crippen LogP contribution < -0.4 is 10.7 Å². The standard InChI is InChI=1S/C21H24N4O4S/c1-4-25(5-2)30(28,29)16-8-9-19-17(11-16)20(26)18(14-24(19)3)21(27)23-13-15-7-6-10-22-12-15/h6-12,14H,4-5,13H2,1-3H3,(H,23,27). The number of nitrogens with one attached hydrogen (secondary N) is 1. The van der Waals surface area contributed by atoms with Crippen LogP contribution in [-0.4, -0.2) is 41.3 Å². The first-order valence-electron chi connectivity index (χ1n) is 9.60. The van der Waals surface area contributed by atoms with Crippen molar-refractivity contribution in [3.05, 3.63) is 70.3 Å². The molecule has 2 heterocycles. The summed E-state index contributed by atoms with van der Waals surface area (Å²) in [5, 5.41) is 2.89. The van der Waals surface area contributed by atoms with E-state index >= 15 is 0 Å². The molecule has 0 saturated carbocycles. The average Bonchev–Trinajstić information content (AvgIpc) is 2.75. The van der Waals surface area contributed by atoms with Crippen molar-refractivity contribution >= 4 is 26.8 Å². The zero-order valence-corrected chi connectivity index (χ0v) is 17.9. The highest BCUT2D eigenvalue weighted by Gasteiger charge is 2.23. The molecule has 3 rings (SSSR count). The predicted octanol–water partition coefficient (Wildman–Crippen LogP) is 1.89. The van der Waals surface area contributed by atoms with Gasteiger partial charge in [0, 0.05) is 50.7 Å². The monoisotopic (exact) mass is 428 g/mol. The molecule has 1 N–H and O–H groups in total. The van der Waals surface area contributed by atoms with Gasteiger partial charge in [-0.25, -0.2) is 8.42 Å². The Bertz CT molecular complexity index is 1230. The van der Waals surface area contributed by atoms with E-state index in [9.17, 15) is 18.0 Å². The summed E-state index contributed by atoms with van der Waals surface area (Å²) < 4.78 is 28.7. The summed E-state index contributed by atoms with van der Waals surface area (Å²) in [5.74, 6) is -0.529. The lowest BCUT2D eigenvalue weighted by atomic mass is 10.1. The molecule has 9 heteroatoms. The molecule has 30 heavy (non-hydrogen) atoms. The van der Waals surface area contributed by atoms with Gasteiger partial charge in [-0.15, -0.1) is 0 Å². The third-order valence-electron chi connectivity index (χ3n) is 4.92. The van der Waals surface area contributed by atoms with Crippen LogP contribution in [0.5, 0.6) is 0 Å². The number of hydrogen-bond donors (Lipinski definition) is 1. The highest BCUT2D eigenvalue weighted by atomic mass is 32.2. The second-order valence-electron chi connectivity index (χ2n) is 6.80. The number of pyridine rings is 2. The lowest BCUT2D eigenvalue weighted by Gasteiger charge is -2.19. The SMILES string of the molecule is CCN(CC)S(=O)(=O)c1ccc2c(c1)c(=O)c(C(=O)NCc1cccnc1)cn2C. The molecule has 0 aliphatic carbocycles. The van der Waals surface area contributed by atoms with Crippen LogP contribution in [0.1, 0.15) is 29.8 Å². The molecule has 3 aromatic rings. The third-order valence-corrected chi connectivity index (χ3v) is 6.97. The first-order chi connectivity index (χ1) is 14.3. The van der Waals surface area contributed by atoms with Crippen LogP contribution in [0.2, 0.25) is 0 Å². The number of carbonyl (C=O) groups is 1. The van der Waals surface area contributed by atoms with Crippen molar-refractivity contribution in [1.82, 2.24) is 19.2 Å². The Balaban J connectivity index is 2.02. The van der Waals surface area contributed by atoms with Gasteiger partial charge in [0.1, 0.15) is 5.56 Å². The Morgan fingerprint density at radius 2 is 1.93 bits per heavy atom. The average molecular weight is 429 g/mol. The van der Waals surface area contributed by atoms with Gasteiger partial charge in [0.05, 0.1) is 10.4 Å². The van der Waals surface area contributed by atoms with E-state index in [0.717, 1.165) is 5.56 Å². The van der Waals surface area contributed by atoms with Crippen LogP contribution in [0.4, 0.5) is 0 Å². The van der Waals surface area contributed by atoms with Crippen LogP contribution in [0.25, 0.3) is 10.9 Å². The maximum absolute atomic E-state index is 13.0. The van der Waals surface area contributed by atoms with Gasteiger partial charge < -0.3 is 9.88 Å². The molecule has 1 amide bonds. The van der Waals surface area contributed by atoms with Gasteiger partial charge in [-0.3, -0.25) is 14.6 Å². The first kappa shape index (κ1) is 21.7. The number of nitrogens with zero attached hydrogens (tertiary/aromatic N) is 3. The minimum atomic E-state index is -3.72. The minimum absolute atomic E-state index is 0.0312. The quantitative estimate of drug-likeness (QED) is 0.619. The van der Waals surface area contributed by atoms with Gasteiger partial charge in [0.25, 0.3) is 5.91 Å². The summed E-state index contributed by atoms with van der Waals surface area (Å²) >= 11 is 0. The summed E-state index contributed by atoms with van der Waals surface area (Å²) in [7, 11) is -2.02. The number of aryl methyl sites for hydroxylation is 1. The molecular weight excluding hydrogens is 404 g/mol. The number of aromatic nitrogens is 2. The lowest BCUT2D eigenvalue weighted by molar-refractivity contribution is 0.0949. The molecule has 0 aliphatic rings. The molecule has 0 spiro atoms. The highest BCUT2D eigenvalue weighted by molar-refractivity contribution is 7.89. The smallest absolute Gasteiger partial charge is 0.257 e. The Hall–Kier alpha value is -3.04. The zero-order chi connectivity index (χ0) is 21.9. The van der Waals surface area contributed by atoms with Crippen molar-refractivity contribution < 1.29 is 13.2 Å². The van der Waals surface area contributed by atoms with Gasteiger partial charge in [-0.1, -0.05) is 19.9 Å². The fraction of sp³-hybridized carbons (Fsp3) is 0.286. The normalized spacial score (nSPS) is 11.7. The van der Waals surface area contributed by atoms with E-state index in [-0.39, 0.29) is 22.4 Å². The summed E-state index contributed by atoms with van der Waals surface area (Å²) in [4.78, 5) is 29.7. The summed E-state index contributed by atoms with van der Waals surface area (Å²) in [5.41, 5.74) is 0.785. The number of carbonyl (C=O) groups excluding carboxylic acids is 1. The molecule has 0 aliphatic heterocycles. The molecule has 0 bridgehead atoms. The number of sulfonamides is 1. The Morgan fingerprint density at radius 3 is 2.57 bits per heavy atom. The fourth-order valence-electron chi connectivity index (χ4n) is 3.29. The van der Waals surface area contributed by atoms with Crippen molar-refractivity contribution in [2.24, 2.45) is 7.05 Å². The molecule has 0 atom stereocenters. The van der Waals surface area contributed by atoms with Crippen molar-refractivity contribution in [1.29, 1.82) is 0 Å². The zero-order valence-electron chi connectivity index (χ0n) is 17.1. The van der Waals surface area contributed by atoms with Gasteiger partial charge >= 0.3 is 0 Å². The van der Waals surface area contributed by atoms with Crippen LogP contribution in [0.15, 0.2) is 58.6 Å². The summed E-state index contributed by atoms with van der Waals surface area (Å²) in [6.07, 6.45) is 4.72. The van der Waals surface area contributed by atoms with E-state index in [1.165, 1.54) is 22.6 Å². The maximum Gasteiger partial charge on any atom is 0.257 e. The van der Waals surface area contributed by atoms with E-state index in [0.29, 0.717) is 18.6 Å². The van der Waals surface area contributed by atoms with Crippen LogP contribution in [0.3, 0.4) is 0 Å². The number of benzene rings is 1. The molecule has 0 saturated heterocycles. The van der Waals surface area contributed by atoms with Crippen LogP contribution in [0, 0.1) is 0 Å². The molecule has 2 aromatic heterocycles. The maximum atomic E-state index is 13.0. The number of rotatable bonds is 7. The molecule has 1 aromatic carbocycles. The molecule has 0 unspecified atom stereocenters. The van der Waals surface area contributed by atoms with Crippen molar-refractivity contribution in [2.45, 2.75) is 25.3 Å². The first-order valence-corrected chi connectivity index (χ1v) is 11.0. The van der Waals surface area contributed by atoms with Crippen molar-refractivity contribution in [3.8, 4) is 0 Å². The molecule has 0 radical (unpaired) electrons. The second kappa shape index (κ2) is 8.76. The molecule has 158 valence electrons. The van der Waals surface area contributed by atoms with E-state index in [1.54, 1.807) is 50.0 Å². The Labute approximate surface area is 175 Å². The van der Waals surface area contributed by atoms with Crippen LogP contribution >= 0.6 is 0 Å². The van der Waals surface area contributed by atoms with Crippen LogP contribution in [-0.2, 0) is 23.6 Å². The van der Waals surface area contributed by atoms with E-state index in [4.69, 9.17) is 0 Å². The highest BCUT2D eigenvalue weighted by Crippen LogP contribution is 2.20. The van der Waals surface area contributed by atoms with Gasteiger partial charge in [0.2, 0.25) is 15.5 Å². The van der Waals surface area contributed by atoms with Gasteiger partial charge in [-0.2, -0.15) is 4.31 Å². The molecule has 0 fully saturated rings.